The van der Waals surface area contributed by atoms with Crippen molar-refractivity contribution in [3.8, 4) is 0 Å². The van der Waals surface area contributed by atoms with Crippen LogP contribution < -0.4 is 10.7 Å². The van der Waals surface area contributed by atoms with Gasteiger partial charge in [0.1, 0.15) is 5.82 Å². The fraction of sp³-hybridized carbons (Fsp3) is 0. The summed E-state index contributed by atoms with van der Waals surface area (Å²) < 4.78 is 14.4. The first kappa shape index (κ1) is 19.7. The number of hydrogen-bond acceptors (Lipinski definition) is 3. The third-order valence-corrected chi connectivity index (χ3v) is 5.05. The van der Waals surface area contributed by atoms with E-state index in [1.54, 1.807) is 6.07 Å². The highest BCUT2D eigenvalue weighted by Crippen LogP contribution is 2.27. The molecule has 2 N–H and O–H groups in total. The van der Waals surface area contributed by atoms with E-state index in [0.717, 1.165) is 27.1 Å². The molecular weight excluding hydrogens is 449 g/mol. The highest BCUT2D eigenvalue weighted by Gasteiger charge is 2.15. The Morgan fingerprint density at radius 1 is 0.867 bits per heavy atom. The maximum Gasteiger partial charge on any atom is 0.329 e. The van der Waals surface area contributed by atoms with Crippen LogP contribution in [0.5, 0.6) is 0 Å². The van der Waals surface area contributed by atoms with E-state index < -0.39 is 17.6 Å². The molecule has 0 aliphatic heterocycles. The summed E-state index contributed by atoms with van der Waals surface area (Å²) in [5, 5.41) is 10.2. The summed E-state index contributed by atoms with van der Waals surface area (Å²) in [7, 11) is 0. The van der Waals surface area contributed by atoms with Gasteiger partial charge < -0.3 is 5.32 Å². The lowest BCUT2D eigenvalue weighted by Gasteiger charge is -2.08. The molecule has 0 bridgehead atoms. The number of carbonyl (C=O) groups excluding carboxylic acids is 2. The first-order chi connectivity index (χ1) is 14.5. The van der Waals surface area contributed by atoms with Gasteiger partial charge in [0.2, 0.25) is 0 Å². The molecule has 2 amide bonds. The number of anilines is 1. The zero-order valence-electron chi connectivity index (χ0n) is 15.5. The maximum absolute atomic E-state index is 13.8. The van der Waals surface area contributed by atoms with E-state index in [2.05, 4.69) is 37.8 Å². The Kier molecular flexibility index (Phi) is 5.54. The van der Waals surface area contributed by atoms with Crippen LogP contribution >= 0.6 is 15.9 Å². The van der Waals surface area contributed by atoms with E-state index in [0.29, 0.717) is 4.47 Å². The molecule has 4 aromatic rings. The van der Waals surface area contributed by atoms with Crippen LogP contribution in [0.3, 0.4) is 0 Å². The zero-order chi connectivity index (χ0) is 21.1. The molecule has 0 atom stereocenters. The number of rotatable bonds is 3. The molecule has 0 aliphatic carbocycles. The molecule has 148 valence electrons. The molecule has 4 aromatic carbocycles. The number of nitrogens with zero attached hydrogens (tertiary/aromatic N) is 1. The smallest absolute Gasteiger partial charge is 0.315 e. The predicted octanol–water partition coefficient (Wildman–Crippen LogP) is 4.98. The maximum atomic E-state index is 13.8. The largest absolute Gasteiger partial charge is 0.329 e. The molecule has 0 aromatic heterocycles. The number of fused-ring (bicyclic) bond motifs is 2. The third kappa shape index (κ3) is 4.06. The Morgan fingerprint density at radius 2 is 1.50 bits per heavy atom. The van der Waals surface area contributed by atoms with Crippen LogP contribution in [0, 0.1) is 5.82 Å². The first-order valence-corrected chi connectivity index (χ1v) is 9.82. The van der Waals surface area contributed by atoms with Crippen molar-refractivity contribution in [2.24, 2.45) is 5.10 Å². The highest BCUT2D eigenvalue weighted by molar-refractivity contribution is 9.10. The van der Waals surface area contributed by atoms with Crippen molar-refractivity contribution >= 4 is 61.2 Å². The normalized spacial score (nSPS) is 11.1. The lowest BCUT2D eigenvalue weighted by Crippen LogP contribution is -2.32. The van der Waals surface area contributed by atoms with Gasteiger partial charge in [-0.05, 0) is 45.8 Å². The summed E-state index contributed by atoms with van der Waals surface area (Å²) in [6.07, 6.45) is 1.51. The van der Waals surface area contributed by atoms with Gasteiger partial charge in [0.25, 0.3) is 0 Å². The second kappa shape index (κ2) is 8.42. The summed E-state index contributed by atoms with van der Waals surface area (Å²) in [6.45, 7) is 0. The SMILES string of the molecule is O=C(NN=Cc1c2ccccc2cc2ccccc12)C(=O)Nc1ccc(Br)cc1F. The van der Waals surface area contributed by atoms with Crippen molar-refractivity contribution in [1.29, 1.82) is 0 Å². The van der Waals surface area contributed by atoms with Crippen LogP contribution in [0.4, 0.5) is 10.1 Å². The minimum Gasteiger partial charge on any atom is -0.315 e. The van der Waals surface area contributed by atoms with E-state index in [9.17, 15) is 14.0 Å². The van der Waals surface area contributed by atoms with Crippen LogP contribution in [0.15, 0.2) is 82.4 Å². The topological polar surface area (TPSA) is 70.6 Å². The molecule has 5 nitrogen and oxygen atoms in total. The minimum absolute atomic E-state index is 0.0950. The predicted molar refractivity (Wildman–Crippen MR) is 120 cm³/mol. The fourth-order valence-electron chi connectivity index (χ4n) is 3.16. The molecule has 0 heterocycles. The lowest BCUT2D eigenvalue weighted by atomic mass is 9.97. The molecule has 0 radical (unpaired) electrons. The van der Waals surface area contributed by atoms with Gasteiger partial charge in [-0.1, -0.05) is 64.5 Å². The number of benzene rings is 4. The third-order valence-electron chi connectivity index (χ3n) is 4.56. The average Bonchev–Trinajstić information content (AvgIpc) is 2.75. The van der Waals surface area contributed by atoms with Crippen molar-refractivity contribution < 1.29 is 14.0 Å². The van der Waals surface area contributed by atoms with E-state index in [4.69, 9.17) is 0 Å². The Balaban J connectivity index is 1.56. The second-order valence-corrected chi connectivity index (χ2v) is 7.43. The number of amides is 2. The fourth-order valence-corrected chi connectivity index (χ4v) is 3.50. The zero-order valence-corrected chi connectivity index (χ0v) is 17.1. The second-order valence-electron chi connectivity index (χ2n) is 6.51. The molecule has 0 fully saturated rings. The van der Waals surface area contributed by atoms with E-state index >= 15 is 0 Å². The Labute approximate surface area is 179 Å². The highest BCUT2D eigenvalue weighted by atomic mass is 79.9. The molecule has 7 heteroatoms. The molecule has 0 saturated heterocycles. The number of carbonyl (C=O) groups is 2. The van der Waals surface area contributed by atoms with Gasteiger partial charge in [-0.3, -0.25) is 9.59 Å². The van der Waals surface area contributed by atoms with Crippen LogP contribution in [-0.4, -0.2) is 18.0 Å². The monoisotopic (exact) mass is 463 g/mol. The van der Waals surface area contributed by atoms with Crippen molar-refractivity contribution in [3.63, 3.8) is 0 Å². The lowest BCUT2D eigenvalue weighted by molar-refractivity contribution is -0.136. The quantitative estimate of drug-likeness (QED) is 0.194. The van der Waals surface area contributed by atoms with E-state index in [1.807, 2.05) is 48.5 Å². The molecule has 0 saturated carbocycles. The first-order valence-electron chi connectivity index (χ1n) is 9.03. The molecule has 0 aliphatic rings. The number of hydrazone groups is 1. The van der Waals surface area contributed by atoms with E-state index in [1.165, 1.54) is 18.3 Å². The number of hydrogen-bond donors (Lipinski definition) is 2. The van der Waals surface area contributed by atoms with Crippen molar-refractivity contribution in [1.82, 2.24) is 5.43 Å². The van der Waals surface area contributed by atoms with E-state index in [-0.39, 0.29) is 5.69 Å². The van der Waals surface area contributed by atoms with Crippen LogP contribution in [0.1, 0.15) is 5.56 Å². The van der Waals surface area contributed by atoms with Gasteiger partial charge >= 0.3 is 11.8 Å². The van der Waals surface area contributed by atoms with Crippen LogP contribution in [0.2, 0.25) is 0 Å². The molecule has 0 spiro atoms. The van der Waals surface area contributed by atoms with Crippen molar-refractivity contribution in [3.05, 3.63) is 88.6 Å². The van der Waals surface area contributed by atoms with Crippen LogP contribution in [0.25, 0.3) is 21.5 Å². The van der Waals surface area contributed by atoms with Gasteiger partial charge in [-0.15, -0.1) is 0 Å². The molecule has 0 unspecified atom stereocenters. The summed E-state index contributed by atoms with van der Waals surface area (Å²) in [5.41, 5.74) is 2.93. The molecular formula is C23H15BrFN3O2. The Bertz CT molecular complexity index is 1270. The standard InChI is InChI=1S/C23H15BrFN3O2/c24-16-9-10-21(20(25)12-16)27-22(29)23(30)28-26-13-19-17-7-3-1-5-14(17)11-15-6-2-4-8-18(15)19/h1-13H,(H,27,29)(H,28,30). The summed E-state index contributed by atoms with van der Waals surface area (Å²) >= 11 is 3.13. The summed E-state index contributed by atoms with van der Waals surface area (Å²) in [5.74, 6) is -2.68. The van der Waals surface area contributed by atoms with Crippen molar-refractivity contribution in [2.75, 3.05) is 5.32 Å². The molecule has 30 heavy (non-hydrogen) atoms. The van der Waals surface area contributed by atoms with Crippen molar-refractivity contribution in [2.45, 2.75) is 0 Å². The summed E-state index contributed by atoms with van der Waals surface area (Å²) in [4.78, 5) is 24.1. The van der Waals surface area contributed by atoms with Gasteiger partial charge in [0, 0.05) is 10.0 Å². The van der Waals surface area contributed by atoms with Crippen LogP contribution in [-0.2, 0) is 9.59 Å². The average molecular weight is 464 g/mol. The molecule has 4 rings (SSSR count). The van der Waals surface area contributed by atoms with Gasteiger partial charge in [0.15, 0.2) is 0 Å². The van der Waals surface area contributed by atoms with Gasteiger partial charge in [0.05, 0.1) is 11.9 Å². The number of halogens is 2. The number of nitrogens with one attached hydrogen (secondary N) is 2. The van der Waals surface area contributed by atoms with Gasteiger partial charge in [-0.2, -0.15) is 5.10 Å². The summed E-state index contributed by atoms with van der Waals surface area (Å²) in [6, 6.07) is 21.9. The Hall–Kier alpha value is -3.58. The minimum atomic E-state index is -1.02. The van der Waals surface area contributed by atoms with Gasteiger partial charge in [-0.25, -0.2) is 9.82 Å². The Morgan fingerprint density at radius 3 is 2.13 bits per heavy atom.